The van der Waals surface area contributed by atoms with Crippen molar-refractivity contribution < 1.29 is 14.4 Å². The Bertz CT molecular complexity index is 606. The van der Waals surface area contributed by atoms with Crippen LogP contribution in [0, 0.1) is 0 Å². The third-order valence-electron chi connectivity index (χ3n) is 3.96. The van der Waals surface area contributed by atoms with Crippen LogP contribution in [-0.4, -0.2) is 30.3 Å². The minimum atomic E-state index is -0.262. The summed E-state index contributed by atoms with van der Waals surface area (Å²) in [4.78, 5) is 34.6. The lowest BCUT2D eigenvalue weighted by Crippen LogP contribution is -2.44. The molecular weight excluding hydrogens is 306 g/mol. The fourth-order valence-electron chi connectivity index (χ4n) is 2.30. The van der Waals surface area contributed by atoms with E-state index in [1.807, 2.05) is 12.1 Å². The molecule has 128 valence electrons. The van der Waals surface area contributed by atoms with E-state index in [0.29, 0.717) is 18.5 Å². The molecule has 24 heavy (non-hydrogen) atoms. The summed E-state index contributed by atoms with van der Waals surface area (Å²) < 4.78 is 0. The Kier molecular flexibility index (Phi) is 6.54. The number of hydrogen-bond donors (Lipinski definition) is 3. The minimum absolute atomic E-state index is 0.0296. The Morgan fingerprint density at radius 3 is 2.42 bits per heavy atom. The summed E-state index contributed by atoms with van der Waals surface area (Å²) in [5.74, 6) is -0.541. The predicted molar refractivity (Wildman–Crippen MR) is 92.4 cm³/mol. The third-order valence-corrected chi connectivity index (χ3v) is 3.96. The van der Waals surface area contributed by atoms with Crippen LogP contribution < -0.4 is 16.0 Å². The van der Waals surface area contributed by atoms with Gasteiger partial charge in [0.05, 0.1) is 6.54 Å². The molecule has 1 aliphatic carbocycles. The van der Waals surface area contributed by atoms with Gasteiger partial charge in [-0.2, -0.15) is 0 Å². The van der Waals surface area contributed by atoms with Gasteiger partial charge in [0.25, 0.3) is 0 Å². The molecule has 3 N–H and O–H groups in total. The van der Waals surface area contributed by atoms with Crippen LogP contribution in [0.2, 0.25) is 0 Å². The molecule has 1 saturated carbocycles. The van der Waals surface area contributed by atoms with Crippen molar-refractivity contribution in [2.24, 2.45) is 0 Å². The van der Waals surface area contributed by atoms with Crippen LogP contribution in [-0.2, 0) is 20.8 Å². The molecule has 0 heterocycles. The Balaban J connectivity index is 1.66. The Labute approximate surface area is 141 Å². The van der Waals surface area contributed by atoms with Gasteiger partial charge < -0.3 is 16.0 Å². The number of aryl methyl sites for hydroxylation is 1. The molecule has 0 saturated heterocycles. The highest BCUT2D eigenvalue weighted by molar-refractivity contribution is 5.98. The molecular formula is C18H23N3O3. The first kappa shape index (κ1) is 17.7. The summed E-state index contributed by atoms with van der Waals surface area (Å²) >= 11 is 0. The quantitative estimate of drug-likeness (QED) is 0.632. The standard InChI is InChI=1S/C18H23N3O3/c1-2-16(22)20-15-9-6-13(7-10-15)8-11-17(23)19-12-18(24)21-14-4-3-5-14/h2,6-7,9-10,14H,1,3-5,8,11-12H2,(H,19,23)(H,20,22)(H,21,24). The van der Waals surface area contributed by atoms with E-state index >= 15 is 0 Å². The number of anilines is 1. The largest absolute Gasteiger partial charge is 0.352 e. The molecule has 6 heteroatoms. The summed E-state index contributed by atoms with van der Waals surface area (Å²) in [7, 11) is 0. The minimum Gasteiger partial charge on any atom is -0.352 e. The fraction of sp³-hybridized carbons (Fsp3) is 0.389. The maximum absolute atomic E-state index is 11.8. The molecule has 0 bridgehead atoms. The first-order valence-corrected chi connectivity index (χ1v) is 8.15. The van der Waals surface area contributed by atoms with Gasteiger partial charge in [0.1, 0.15) is 0 Å². The van der Waals surface area contributed by atoms with E-state index in [2.05, 4.69) is 22.5 Å². The molecule has 6 nitrogen and oxygen atoms in total. The summed E-state index contributed by atoms with van der Waals surface area (Å²) in [6.07, 6.45) is 5.32. The zero-order chi connectivity index (χ0) is 17.4. The zero-order valence-electron chi connectivity index (χ0n) is 13.6. The number of carbonyl (C=O) groups excluding carboxylic acids is 3. The number of hydrogen-bond acceptors (Lipinski definition) is 3. The van der Waals surface area contributed by atoms with Gasteiger partial charge in [-0.25, -0.2) is 0 Å². The van der Waals surface area contributed by atoms with Gasteiger partial charge in [0.15, 0.2) is 0 Å². The fourth-order valence-corrected chi connectivity index (χ4v) is 2.30. The molecule has 1 fully saturated rings. The molecule has 0 unspecified atom stereocenters. The molecule has 2 rings (SSSR count). The predicted octanol–water partition coefficient (Wildman–Crippen LogP) is 1.53. The number of carbonyl (C=O) groups is 3. The van der Waals surface area contributed by atoms with Gasteiger partial charge in [0.2, 0.25) is 17.7 Å². The molecule has 0 radical (unpaired) electrons. The molecule has 0 atom stereocenters. The first-order valence-electron chi connectivity index (χ1n) is 8.15. The monoisotopic (exact) mass is 329 g/mol. The molecule has 1 aromatic carbocycles. The zero-order valence-corrected chi connectivity index (χ0v) is 13.6. The van der Waals surface area contributed by atoms with Gasteiger partial charge in [0, 0.05) is 18.2 Å². The van der Waals surface area contributed by atoms with E-state index in [1.54, 1.807) is 12.1 Å². The van der Waals surface area contributed by atoms with Crippen molar-refractivity contribution in [3.63, 3.8) is 0 Å². The molecule has 0 spiro atoms. The lowest BCUT2D eigenvalue weighted by Gasteiger charge is -2.26. The van der Waals surface area contributed by atoms with Crippen molar-refractivity contribution in [2.75, 3.05) is 11.9 Å². The third kappa shape index (κ3) is 5.87. The normalized spacial score (nSPS) is 13.5. The van der Waals surface area contributed by atoms with Crippen LogP contribution in [0.15, 0.2) is 36.9 Å². The van der Waals surface area contributed by atoms with E-state index in [4.69, 9.17) is 0 Å². The second-order valence-electron chi connectivity index (χ2n) is 5.86. The van der Waals surface area contributed by atoms with E-state index in [1.165, 1.54) is 6.08 Å². The van der Waals surface area contributed by atoms with E-state index in [9.17, 15) is 14.4 Å². The highest BCUT2D eigenvalue weighted by atomic mass is 16.2. The molecule has 1 aliphatic rings. The van der Waals surface area contributed by atoms with Crippen molar-refractivity contribution >= 4 is 23.4 Å². The SMILES string of the molecule is C=CC(=O)Nc1ccc(CCC(=O)NCC(=O)NC2CCC2)cc1. The maximum Gasteiger partial charge on any atom is 0.247 e. The summed E-state index contributed by atoms with van der Waals surface area (Å²) in [5.41, 5.74) is 1.67. The highest BCUT2D eigenvalue weighted by Crippen LogP contribution is 2.17. The summed E-state index contributed by atoms with van der Waals surface area (Å²) in [6, 6.07) is 7.56. The summed E-state index contributed by atoms with van der Waals surface area (Å²) in [5, 5.41) is 8.17. The topological polar surface area (TPSA) is 87.3 Å². The van der Waals surface area contributed by atoms with E-state index in [-0.39, 0.29) is 30.3 Å². The van der Waals surface area contributed by atoms with Gasteiger partial charge >= 0.3 is 0 Å². The Hall–Kier alpha value is -2.63. The summed E-state index contributed by atoms with van der Waals surface area (Å²) in [6.45, 7) is 3.42. The number of rotatable bonds is 8. The highest BCUT2D eigenvalue weighted by Gasteiger charge is 2.19. The van der Waals surface area contributed by atoms with Gasteiger partial charge in [-0.05, 0) is 49.5 Å². The van der Waals surface area contributed by atoms with Crippen LogP contribution in [0.25, 0.3) is 0 Å². The molecule has 0 aliphatic heterocycles. The number of amides is 3. The number of benzene rings is 1. The average molecular weight is 329 g/mol. The lowest BCUT2D eigenvalue weighted by atomic mass is 9.93. The van der Waals surface area contributed by atoms with Crippen LogP contribution >= 0.6 is 0 Å². The average Bonchev–Trinajstić information content (AvgIpc) is 2.55. The maximum atomic E-state index is 11.8. The lowest BCUT2D eigenvalue weighted by molar-refractivity contribution is -0.126. The molecule has 3 amide bonds. The van der Waals surface area contributed by atoms with E-state index < -0.39 is 0 Å². The smallest absolute Gasteiger partial charge is 0.247 e. The van der Waals surface area contributed by atoms with Crippen molar-refractivity contribution in [3.8, 4) is 0 Å². The van der Waals surface area contributed by atoms with Crippen molar-refractivity contribution in [1.82, 2.24) is 10.6 Å². The van der Waals surface area contributed by atoms with Crippen LogP contribution in [0.5, 0.6) is 0 Å². The van der Waals surface area contributed by atoms with Crippen molar-refractivity contribution in [3.05, 3.63) is 42.5 Å². The Morgan fingerprint density at radius 1 is 1.12 bits per heavy atom. The van der Waals surface area contributed by atoms with Gasteiger partial charge in [-0.1, -0.05) is 18.7 Å². The van der Waals surface area contributed by atoms with Crippen molar-refractivity contribution in [2.45, 2.75) is 38.1 Å². The molecule has 0 aromatic heterocycles. The van der Waals surface area contributed by atoms with Crippen LogP contribution in [0.4, 0.5) is 5.69 Å². The van der Waals surface area contributed by atoms with Crippen LogP contribution in [0.3, 0.4) is 0 Å². The Morgan fingerprint density at radius 2 is 1.83 bits per heavy atom. The first-order chi connectivity index (χ1) is 11.6. The molecule has 1 aromatic rings. The van der Waals surface area contributed by atoms with E-state index in [0.717, 1.165) is 24.8 Å². The second-order valence-corrected chi connectivity index (χ2v) is 5.86. The van der Waals surface area contributed by atoms with Crippen LogP contribution in [0.1, 0.15) is 31.2 Å². The van der Waals surface area contributed by atoms with Gasteiger partial charge in [-0.3, -0.25) is 14.4 Å². The van der Waals surface area contributed by atoms with Gasteiger partial charge in [-0.15, -0.1) is 0 Å². The second kappa shape index (κ2) is 8.86. The van der Waals surface area contributed by atoms with Crippen molar-refractivity contribution in [1.29, 1.82) is 0 Å². The number of nitrogens with one attached hydrogen (secondary N) is 3.